The van der Waals surface area contributed by atoms with Gasteiger partial charge in [-0.05, 0) is 30.7 Å². The highest BCUT2D eigenvalue weighted by molar-refractivity contribution is 6.36. The fraction of sp³-hybridized carbons (Fsp3) is 0.154. The van der Waals surface area contributed by atoms with Crippen molar-refractivity contribution in [2.75, 3.05) is 19.0 Å². The maximum absolute atomic E-state index is 13.5. The third-order valence-corrected chi connectivity index (χ3v) is 5.20. The molecule has 0 saturated carbocycles. The molecule has 1 aliphatic heterocycles. The molecule has 32 heavy (non-hydrogen) atoms. The fourth-order valence-corrected chi connectivity index (χ4v) is 3.70. The Bertz CT molecular complexity index is 1170. The summed E-state index contributed by atoms with van der Waals surface area (Å²) in [4.78, 5) is 28.2. The van der Waals surface area contributed by atoms with E-state index in [9.17, 15) is 9.59 Å². The van der Waals surface area contributed by atoms with Crippen LogP contribution in [-0.4, -0.2) is 30.4 Å². The summed E-state index contributed by atoms with van der Waals surface area (Å²) in [6.45, 7) is 2.48. The number of ether oxygens (including phenoxy) is 2. The van der Waals surface area contributed by atoms with Crippen LogP contribution in [0.1, 0.15) is 18.1 Å². The highest BCUT2D eigenvalue weighted by Gasteiger charge is 2.39. The maximum Gasteiger partial charge on any atom is 0.278 e. The van der Waals surface area contributed by atoms with Gasteiger partial charge in [0, 0.05) is 5.56 Å². The highest BCUT2D eigenvalue weighted by atomic mass is 16.5. The van der Waals surface area contributed by atoms with Gasteiger partial charge in [-0.25, -0.2) is 0 Å². The van der Waals surface area contributed by atoms with Crippen molar-refractivity contribution < 1.29 is 19.1 Å². The van der Waals surface area contributed by atoms with Crippen LogP contribution in [0, 0.1) is 0 Å². The number of carbonyl (C=O) groups is 2. The molecule has 0 fully saturated rings. The van der Waals surface area contributed by atoms with Crippen LogP contribution in [-0.2, 0) is 16.1 Å². The molecule has 0 saturated heterocycles. The summed E-state index contributed by atoms with van der Waals surface area (Å²) in [5.74, 6) is 0.477. The Morgan fingerprint density at radius 1 is 0.812 bits per heavy atom. The number of imide groups is 1. The second kappa shape index (κ2) is 9.39. The number of anilines is 1. The molecule has 3 aromatic rings. The van der Waals surface area contributed by atoms with Crippen molar-refractivity contribution in [3.8, 4) is 11.5 Å². The van der Waals surface area contributed by atoms with Gasteiger partial charge < -0.3 is 14.8 Å². The SMILES string of the molecule is CCOc1ccccc1NC1=C(c2ccccc2)C(=O)N(Cc2ccccc2OC)C1=O. The Balaban J connectivity index is 1.75. The number of carbonyl (C=O) groups excluding carboxylic acids is 2. The van der Waals surface area contributed by atoms with Crippen LogP contribution in [0.4, 0.5) is 5.69 Å². The molecule has 1 aliphatic rings. The average molecular weight is 428 g/mol. The minimum Gasteiger partial charge on any atom is -0.496 e. The predicted octanol–water partition coefficient (Wildman–Crippen LogP) is 4.49. The Morgan fingerprint density at radius 2 is 1.47 bits per heavy atom. The van der Waals surface area contributed by atoms with Crippen molar-refractivity contribution in [1.29, 1.82) is 0 Å². The van der Waals surface area contributed by atoms with Crippen molar-refractivity contribution in [1.82, 2.24) is 4.90 Å². The first-order valence-corrected chi connectivity index (χ1v) is 10.4. The molecule has 1 N–H and O–H groups in total. The molecule has 3 aromatic carbocycles. The van der Waals surface area contributed by atoms with E-state index in [0.29, 0.717) is 34.9 Å². The second-order valence-electron chi connectivity index (χ2n) is 7.18. The summed E-state index contributed by atoms with van der Waals surface area (Å²) < 4.78 is 11.1. The number of rotatable bonds is 8. The first-order chi connectivity index (χ1) is 15.6. The van der Waals surface area contributed by atoms with E-state index in [1.54, 1.807) is 7.11 Å². The van der Waals surface area contributed by atoms with Crippen LogP contribution >= 0.6 is 0 Å². The van der Waals surface area contributed by atoms with E-state index >= 15 is 0 Å². The van der Waals surface area contributed by atoms with Crippen LogP contribution in [0.2, 0.25) is 0 Å². The molecule has 4 rings (SSSR count). The molecule has 0 aromatic heterocycles. The largest absolute Gasteiger partial charge is 0.496 e. The van der Waals surface area contributed by atoms with Gasteiger partial charge in [-0.15, -0.1) is 0 Å². The lowest BCUT2D eigenvalue weighted by atomic mass is 10.0. The zero-order valence-electron chi connectivity index (χ0n) is 18.0. The summed E-state index contributed by atoms with van der Waals surface area (Å²) in [5, 5.41) is 3.18. The van der Waals surface area contributed by atoms with Crippen LogP contribution in [0.3, 0.4) is 0 Å². The van der Waals surface area contributed by atoms with Crippen molar-refractivity contribution >= 4 is 23.1 Å². The first kappa shape index (κ1) is 21.2. The summed E-state index contributed by atoms with van der Waals surface area (Å²) in [6.07, 6.45) is 0. The van der Waals surface area contributed by atoms with Gasteiger partial charge in [-0.1, -0.05) is 60.7 Å². The fourth-order valence-electron chi connectivity index (χ4n) is 3.70. The minimum atomic E-state index is -0.397. The Hall–Kier alpha value is -4.06. The third-order valence-electron chi connectivity index (χ3n) is 5.20. The van der Waals surface area contributed by atoms with Crippen molar-refractivity contribution in [2.24, 2.45) is 0 Å². The number of benzene rings is 3. The Labute approximate surface area is 187 Å². The normalized spacial score (nSPS) is 13.5. The van der Waals surface area contributed by atoms with E-state index in [1.165, 1.54) is 4.90 Å². The molecule has 0 unspecified atom stereocenters. The monoisotopic (exact) mass is 428 g/mol. The summed E-state index contributed by atoms with van der Waals surface area (Å²) >= 11 is 0. The second-order valence-corrected chi connectivity index (χ2v) is 7.18. The molecule has 1 heterocycles. The molecule has 6 nitrogen and oxygen atoms in total. The van der Waals surface area contributed by atoms with Gasteiger partial charge in [0.15, 0.2) is 0 Å². The molecule has 0 atom stereocenters. The molecule has 0 aliphatic carbocycles. The molecule has 2 amide bonds. The minimum absolute atomic E-state index is 0.107. The number of amides is 2. The summed E-state index contributed by atoms with van der Waals surface area (Å²) in [5.41, 5.74) is 2.60. The third kappa shape index (κ3) is 4.07. The van der Waals surface area contributed by atoms with Gasteiger partial charge in [-0.2, -0.15) is 0 Å². The van der Waals surface area contributed by atoms with Crippen molar-refractivity contribution in [3.05, 3.63) is 95.7 Å². The van der Waals surface area contributed by atoms with Crippen LogP contribution in [0.5, 0.6) is 11.5 Å². The predicted molar refractivity (Wildman–Crippen MR) is 123 cm³/mol. The van der Waals surface area contributed by atoms with Gasteiger partial charge in [0.2, 0.25) is 0 Å². The van der Waals surface area contributed by atoms with Crippen LogP contribution in [0.15, 0.2) is 84.6 Å². The number of para-hydroxylation sites is 3. The number of nitrogens with one attached hydrogen (secondary N) is 1. The Morgan fingerprint density at radius 3 is 2.19 bits per heavy atom. The Kier molecular flexibility index (Phi) is 6.22. The summed E-state index contributed by atoms with van der Waals surface area (Å²) in [7, 11) is 1.57. The zero-order chi connectivity index (χ0) is 22.5. The molecule has 0 bridgehead atoms. The zero-order valence-corrected chi connectivity index (χ0v) is 18.0. The number of hydrogen-bond donors (Lipinski definition) is 1. The van der Waals surface area contributed by atoms with E-state index in [2.05, 4.69) is 5.32 Å². The standard InChI is InChI=1S/C26H24N2O4/c1-3-32-22-16-10-8-14-20(22)27-24-23(18-11-5-4-6-12-18)25(29)28(26(24)30)17-19-13-7-9-15-21(19)31-2/h4-16,27H,3,17H2,1-2H3. The highest BCUT2D eigenvalue weighted by Crippen LogP contribution is 2.34. The van der Waals surface area contributed by atoms with E-state index in [1.807, 2.05) is 85.8 Å². The smallest absolute Gasteiger partial charge is 0.278 e. The van der Waals surface area contributed by atoms with E-state index in [0.717, 1.165) is 5.56 Å². The molecule has 0 radical (unpaired) electrons. The quantitative estimate of drug-likeness (QED) is 0.536. The molecular weight excluding hydrogens is 404 g/mol. The van der Waals surface area contributed by atoms with E-state index in [4.69, 9.17) is 9.47 Å². The van der Waals surface area contributed by atoms with Crippen molar-refractivity contribution in [3.63, 3.8) is 0 Å². The van der Waals surface area contributed by atoms with E-state index in [-0.39, 0.29) is 18.1 Å². The molecular formula is C26H24N2O4. The first-order valence-electron chi connectivity index (χ1n) is 10.4. The topological polar surface area (TPSA) is 67.9 Å². The number of hydrogen-bond acceptors (Lipinski definition) is 5. The van der Waals surface area contributed by atoms with Gasteiger partial charge in [0.25, 0.3) is 11.8 Å². The van der Waals surface area contributed by atoms with Gasteiger partial charge in [0.1, 0.15) is 17.2 Å². The number of nitrogens with zero attached hydrogens (tertiary/aromatic N) is 1. The molecule has 162 valence electrons. The maximum atomic E-state index is 13.5. The van der Waals surface area contributed by atoms with Crippen molar-refractivity contribution in [2.45, 2.75) is 13.5 Å². The lowest BCUT2D eigenvalue weighted by molar-refractivity contribution is -0.137. The van der Waals surface area contributed by atoms with Crippen LogP contribution < -0.4 is 14.8 Å². The average Bonchev–Trinajstić information content (AvgIpc) is 3.05. The number of methoxy groups -OCH3 is 1. The van der Waals surface area contributed by atoms with Gasteiger partial charge in [0.05, 0.1) is 31.5 Å². The van der Waals surface area contributed by atoms with Crippen LogP contribution in [0.25, 0.3) is 5.57 Å². The van der Waals surface area contributed by atoms with E-state index < -0.39 is 5.91 Å². The summed E-state index contributed by atoms with van der Waals surface area (Å²) in [6, 6.07) is 23.9. The molecule has 0 spiro atoms. The lowest BCUT2D eigenvalue weighted by Gasteiger charge is -2.17. The molecule has 6 heteroatoms. The lowest BCUT2D eigenvalue weighted by Crippen LogP contribution is -2.32. The van der Waals surface area contributed by atoms with Gasteiger partial charge >= 0.3 is 0 Å². The van der Waals surface area contributed by atoms with Gasteiger partial charge in [-0.3, -0.25) is 14.5 Å².